The molecule has 0 heterocycles. The van der Waals surface area contributed by atoms with Crippen molar-refractivity contribution in [2.24, 2.45) is 10.8 Å². The lowest BCUT2D eigenvalue weighted by molar-refractivity contribution is -0.142. The van der Waals surface area contributed by atoms with E-state index < -0.39 is 50.5 Å². The van der Waals surface area contributed by atoms with Gasteiger partial charge < -0.3 is 40.1 Å². The Morgan fingerprint density at radius 2 is 0.789 bits per heavy atom. The summed E-state index contributed by atoms with van der Waals surface area (Å²) in [6, 6.07) is 0. The van der Waals surface area contributed by atoms with Gasteiger partial charge in [0.05, 0.1) is 63.7 Å². The highest BCUT2D eigenvalue weighted by Gasteiger charge is 2.30. The van der Waals surface area contributed by atoms with Gasteiger partial charge in [-0.2, -0.15) is 0 Å². The lowest BCUT2D eigenvalue weighted by Gasteiger charge is -2.28. The minimum atomic E-state index is -1.13. The van der Waals surface area contributed by atoms with Crippen molar-refractivity contribution >= 4 is 0 Å². The summed E-state index contributed by atoms with van der Waals surface area (Å²) in [5.41, 5.74) is -2.27. The molecule has 0 unspecified atom stereocenters. The van der Waals surface area contributed by atoms with Crippen molar-refractivity contribution in [2.45, 2.75) is 0 Å². The van der Waals surface area contributed by atoms with Gasteiger partial charge in [-0.05, 0) is 0 Å². The maximum absolute atomic E-state index is 9.04. The largest absolute Gasteiger partial charge is 0.396 e. The molecule has 0 aliphatic rings. The molecule has 0 aliphatic carbocycles. The van der Waals surface area contributed by atoms with E-state index in [-0.39, 0.29) is 20.0 Å². The van der Waals surface area contributed by atoms with Crippen molar-refractivity contribution in [3.05, 3.63) is 0 Å². The number of aliphatic hydroxyl groups excluding tert-OH is 6. The Balaban J connectivity index is 3.98. The minimum Gasteiger partial charge on any atom is -0.396 e. The van der Waals surface area contributed by atoms with Crippen LogP contribution in [0.4, 0.5) is 0 Å². The molecule has 0 aliphatic heterocycles. The Hall–Kier alpha value is -0.320. The molecule has 0 bridgehead atoms. The van der Waals surface area contributed by atoms with Gasteiger partial charge in [-0.1, -0.05) is 0 Å². The van der Waals surface area contributed by atoms with E-state index in [1.165, 1.54) is 0 Å². The van der Waals surface area contributed by atoms with Crippen molar-refractivity contribution in [1.82, 2.24) is 0 Å². The second-order valence-corrected chi connectivity index (χ2v) is 4.76. The second-order valence-electron chi connectivity index (χ2n) is 4.76. The summed E-state index contributed by atoms with van der Waals surface area (Å²) in [6.45, 7) is -3.06. The fourth-order valence-electron chi connectivity index (χ4n) is 1.15. The smallest absolute Gasteiger partial charge is 0.146 e. The van der Waals surface area contributed by atoms with Crippen LogP contribution in [0.2, 0.25) is 0 Å². The van der Waals surface area contributed by atoms with Crippen LogP contribution in [0.1, 0.15) is 0 Å². The summed E-state index contributed by atoms with van der Waals surface area (Å²) in [4.78, 5) is 0. The highest BCUT2D eigenvalue weighted by Crippen LogP contribution is 2.17. The summed E-state index contributed by atoms with van der Waals surface area (Å²) >= 11 is 0. The molecular weight excluding hydrogens is 260 g/mol. The van der Waals surface area contributed by atoms with Crippen LogP contribution in [0.25, 0.3) is 0 Å². The van der Waals surface area contributed by atoms with Crippen LogP contribution in [0.5, 0.6) is 0 Å². The first-order valence-corrected chi connectivity index (χ1v) is 5.88. The predicted molar refractivity (Wildman–Crippen MR) is 64.2 cm³/mol. The standard InChI is InChI=1S/C11H24O8/c12-1-10(2-13,3-14)7-18-9-19-8-11(4-15,5-16)6-17/h12-17H,1-9H2. The van der Waals surface area contributed by atoms with Crippen molar-refractivity contribution in [3.63, 3.8) is 0 Å². The Labute approximate surface area is 111 Å². The van der Waals surface area contributed by atoms with Gasteiger partial charge in [-0.15, -0.1) is 0 Å². The predicted octanol–water partition coefficient (Wildman–Crippen LogP) is -3.10. The molecule has 0 saturated heterocycles. The Morgan fingerprint density at radius 3 is 1.00 bits per heavy atom. The van der Waals surface area contributed by atoms with Crippen molar-refractivity contribution < 1.29 is 40.1 Å². The van der Waals surface area contributed by atoms with Crippen LogP contribution >= 0.6 is 0 Å². The van der Waals surface area contributed by atoms with E-state index in [1.54, 1.807) is 0 Å². The van der Waals surface area contributed by atoms with Crippen LogP contribution in [0, 0.1) is 10.8 Å². The van der Waals surface area contributed by atoms with E-state index in [0.29, 0.717) is 0 Å². The summed E-state index contributed by atoms with van der Waals surface area (Å²) < 4.78 is 10.1. The van der Waals surface area contributed by atoms with Crippen molar-refractivity contribution in [2.75, 3.05) is 59.6 Å². The maximum Gasteiger partial charge on any atom is 0.146 e. The summed E-state index contributed by atoms with van der Waals surface area (Å²) in [7, 11) is 0. The topological polar surface area (TPSA) is 140 Å². The van der Waals surface area contributed by atoms with Crippen LogP contribution in [0.15, 0.2) is 0 Å². The molecule has 0 spiro atoms. The van der Waals surface area contributed by atoms with E-state index in [4.69, 9.17) is 40.1 Å². The van der Waals surface area contributed by atoms with E-state index in [2.05, 4.69) is 0 Å². The van der Waals surface area contributed by atoms with Crippen molar-refractivity contribution in [1.29, 1.82) is 0 Å². The second kappa shape index (κ2) is 9.56. The fourth-order valence-corrected chi connectivity index (χ4v) is 1.15. The summed E-state index contributed by atoms with van der Waals surface area (Å²) in [6.07, 6.45) is 0. The first-order chi connectivity index (χ1) is 9.07. The molecule has 6 N–H and O–H groups in total. The molecule has 0 fully saturated rings. The molecule has 0 aromatic carbocycles. The van der Waals surface area contributed by atoms with Gasteiger partial charge in [-0.3, -0.25) is 0 Å². The highest BCUT2D eigenvalue weighted by molar-refractivity contribution is 4.77. The summed E-state index contributed by atoms with van der Waals surface area (Å²) in [5.74, 6) is 0. The van der Waals surface area contributed by atoms with E-state index in [9.17, 15) is 0 Å². The van der Waals surface area contributed by atoms with Gasteiger partial charge in [0, 0.05) is 0 Å². The normalized spacial score (nSPS) is 12.9. The molecule has 0 saturated carbocycles. The zero-order valence-electron chi connectivity index (χ0n) is 10.9. The summed E-state index contributed by atoms with van der Waals surface area (Å²) in [5, 5.41) is 54.2. The first kappa shape index (κ1) is 18.7. The zero-order chi connectivity index (χ0) is 14.8. The maximum atomic E-state index is 9.04. The first-order valence-electron chi connectivity index (χ1n) is 5.88. The van der Waals surface area contributed by atoms with Gasteiger partial charge in [0.1, 0.15) is 6.79 Å². The number of hydrogen-bond donors (Lipinski definition) is 6. The van der Waals surface area contributed by atoms with Crippen molar-refractivity contribution in [3.8, 4) is 0 Å². The molecule has 0 amide bonds. The third-order valence-electron chi connectivity index (χ3n) is 3.00. The monoisotopic (exact) mass is 284 g/mol. The van der Waals surface area contributed by atoms with Gasteiger partial charge in [-0.25, -0.2) is 0 Å². The lowest BCUT2D eigenvalue weighted by Crippen LogP contribution is -2.40. The zero-order valence-corrected chi connectivity index (χ0v) is 10.9. The lowest BCUT2D eigenvalue weighted by atomic mass is 9.92. The molecule has 0 aromatic heterocycles. The molecule has 19 heavy (non-hydrogen) atoms. The van der Waals surface area contributed by atoms with Crippen LogP contribution in [-0.4, -0.2) is 90.3 Å². The average Bonchev–Trinajstić information content (AvgIpc) is 2.48. The molecule has 0 radical (unpaired) electrons. The third-order valence-corrected chi connectivity index (χ3v) is 3.00. The Kier molecular flexibility index (Phi) is 9.40. The van der Waals surface area contributed by atoms with Gasteiger partial charge in [0.15, 0.2) is 0 Å². The SMILES string of the molecule is OCC(CO)(CO)COCOCC(CO)(CO)CO. The van der Waals surface area contributed by atoms with Gasteiger partial charge >= 0.3 is 0 Å². The molecule has 116 valence electrons. The Morgan fingerprint density at radius 1 is 0.526 bits per heavy atom. The Bertz CT molecular complexity index is 176. The van der Waals surface area contributed by atoms with Crippen LogP contribution in [-0.2, 0) is 9.47 Å². The quantitative estimate of drug-likeness (QED) is 0.164. The number of aliphatic hydroxyl groups is 6. The van der Waals surface area contributed by atoms with E-state index in [1.807, 2.05) is 0 Å². The number of rotatable bonds is 12. The molecular formula is C11H24O8. The number of hydrogen-bond acceptors (Lipinski definition) is 8. The molecule has 0 aromatic rings. The highest BCUT2D eigenvalue weighted by atomic mass is 16.7. The van der Waals surface area contributed by atoms with Gasteiger partial charge in [0.25, 0.3) is 0 Å². The fraction of sp³-hybridized carbons (Fsp3) is 1.00. The average molecular weight is 284 g/mol. The van der Waals surface area contributed by atoms with Gasteiger partial charge in [0.2, 0.25) is 0 Å². The molecule has 8 nitrogen and oxygen atoms in total. The van der Waals surface area contributed by atoms with Crippen LogP contribution in [0.3, 0.4) is 0 Å². The molecule has 8 heteroatoms. The van der Waals surface area contributed by atoms with E-state index >= 15 is 0 Å². The number of ether oxygens (including phenoxy) is 2. The van der Waals surface area contributed by atoms with E-state index in [0.717, 1.165) is 0 Å². The minimum absolute atomic E-state index is 0.110. The van der Waals surface area contributed by atoms with Crippen LogP contribution < -0.4 is 0 Å². The molecule has 0 atom stereocenters. The third kappa shape index (κ3) is 5.67. The molecule has 0 rings (SSSR count).